The molecule has 0 radical (unpaired) electrons. The highest BCUT2D eigenvalue weighted by atomic mass is 32.2. The Hall–Kier alpha value is -1.21. The summed E-state index contributed by atoms with van der Waals surface area (Å²) in [5, 5.41) is 2.90. The minimum atomic E-state index is -3.12. The molecule has 0 bridgehead atoms. The van der Waals surface area contributed by atoms with Crippen LogP contribution in [0.1, 0.15) is 13.3 Å². The second-order valence-corrected chi connectivity index (χ2v) is 5.52. The van der Waals surface area contributed by atoms with Crippen molar-refractivity contribution in [2.45, 2.75) is 13.3 Å². The maximum absolute atomic E-state index is 12.7. The first-order chi connectivity index (χ1) is 8.03. The summed E-state index contributed by atoms with van der Waals surface area (Å²) >= 11 is 0. The van der Waals surface area contributed by atoms with Gasteiger partial charge in [-0.2, -0.15) is 4.39 Å². The molecule has 1 aromatic heterocycles. The first-order valence-corrected chi connectivity index (χ1v) is 7.02. The van der Waals surface area contributed by atoms with E-state index in [0.29, 0.717) is 25.3 Å². The Morgan fingerprint density at radius 3 is 2.76 bits per heavy atom. The van der Waals surface area contributed by atoms with E-state index in [1.54, 1.807) is 19.1 Å². The van der Waals surface area contributed by atoms with Crippen LogP contribution in [-0.2, 0) is 10.0 Å². The number of aromatic nitrogens is 1. The summed E-state index contributed by atoms with van der Waals surface area (Å²) in [7, 11) is -3.12. The van der Waals surface area contributed by atoms with Crippen molar-refractivity contribution in [3.8, 4) is 0 Å². The molecule has 0 atom stereocenters. The molecule has 7 heteroatoms. The summed E-state index contributed by atoms with van der Waals surface area (Å²) < 4.78 is 37.3. The van der Waals surface area contributed by atoms with Gasteiger partial charge in [-0.1, -0.05) is 6.07 Å². The molecule has 0 spiro atoms. The van der Waals surface area contributed by atoms with Gasteiger partial charge in [0, 0.05) is 13.1 Å². The number of nitrogens with zero attached hydrogens (tertiary/aromatic N) is 1. The fourth-order valence-corrected chi connectivity index (χ4v) is 1.80. The number of pyridine rings is 1. The van der Waals surface area contributed by atoms with Gasteiger partial charge in [0.15, 0.2) is 0 Å². The van der Waals surface area contributed by atoms with E-state index in [-0.39, 0.29) is 5.75 Å². The van der Waals surface area contributed by atoms with Crippen molar-refractivity contribution in [3.63, 3.8) is 0 Å². The molecule has 0 saturated heterocycles. The van der Waals surface area contributed by atoms with Gasteiger partial charge in [0.25, 0.3) is 0 Å². The highest BCUT2D eigenvalue weighted by Crippen LogP contribution is 2.02. The van der Waals surface area contributed by atoms with Crippen LogP contribution in [0.4, 0.5) is 10.2 Å². The molecule has 0 aliphatic rings. The Labute approximate surface area is 101 Å². The standard InChI is InChI=1S/C10H16FN3O2S/c1-2-17(15,16)13-8-4-7-12-10-6-3-5-9(11)14-10/h3,5-6,13H,2,4,7-8H2,1H3,(H,12,14). The fourth-order valence-electron chi connectivity index (χ4n) is 1.14. The van der Waals surface area contributed by atoms with E-state index in [2.05, 4.69) is 15.0 Å². The molecule has 96 valence electrons. The number of rotatable bonds is 7. The quantitative estimate of drug-likeness (QED) is 0.566. The minimum absolute atomic E-state index is 0.0753. The molecular formula is C10H16FN3O2S. The van der Waals surface area contributed by atoms with Crippen LogP contribution in [0.3, 0.4) is 0 Å². The predicted molar refractivity (Wildman–Crippen MR) is 64.8 cm³/mol. The molecule has 0 saturated carbocycles. The molecule has 2 N–H and O–H groups in total. The maximum atomic E-state index is 12.7. The van der Waals surface area contributed by atoms with Crippen LogP contribution in [0.25, 0.3) is 0 Å². The molecule has 1 heterocycles. The third-order valence-electron chi connectivity index (χ3n) is 2.08. The van der Waals surface area contributed by atoms with E-state index in [9.17, 15) is 12.8 Å². The fraction of sp³-hybridized carbons (Fsp3) is 0.500. The van der Waals surface area contributed by atoms with Crippen LogP contribution in [0.15, 0.2) is 18.2 Å². The van der Waals surface area contributed by atoms with Crippen LogP contribution in [-0.4, -0.2) is 32.2 Å². The largest absolute Gasteiger partial charge is 0.370 e. The van der Waals surface area contributed by atoms with Gasteiger partial charge < -0.3 is 5.32 Å². The summed E-state index contributed by atoms with van der Waals surface area (Å²) in [6, 6.07) is 4.48. The minimum Gasteiger partial charge on any atom is -0.370 e. The average molecular weight is 261 g/mol. The van der Waals surface area contributed by atoms with E-state index in [4.69, 9.17) is 0 Å². The summed E-state index contributed by atoms with van der Waals surface area (Å²) in [5.41, 5.74) is 0. The third-order valence-corrected chi connectivity index (χ3v) is 3.48. The average Bonchev–Trinajstić information content (AvgIpc) is 2.29. The van der Waals surface area contributed by atoms with Crippen LogP contribution >= 0.6 is 0 Å². The SMILES string of the molecule is CCS(=O)(=O)NCCCNc1cccc(F)n1. The molecule has 0 aromatic carbocycles. The number of hydrogen-bond donors (Lipinski definition) is 2. The monoisotopic (exact) mass is 261 g/mol. The van der Waals surface area contributed by atoms with Crippen molar-refractivity contribution in [1.29, 1.82) is 0 Å². The predicted octanol–water partition coefficient (Wildman–Crippen LogP) is 0.962. The second kappa shape index (κ2) is 6.51. The summed E-state index contributed by atoms with van der Waals surface area (Å²) in [6.07, 6.45) is 0.609. The van der Waals surface area contributed by atoms with Gasteiger partial charge in [0.1, 0.15) is 5.82 Å². The second-order valence-electron chi connectivity index (χ2n) is 3.42. The van der Waals surface area contributed by atoms with Crippen LogP contribution in [0.2, 0.25) is 0 Å². The molecule has 0 unspecified atom stereocenters. The molecule has 1 aromatic rings. The van der Waals surface area contributed by atoms with Crippen molar-refractivity contribution in [2.24, 2.45) is 0 Å². The molecular weight excluding hydrogens is 245 g/mol. The Morgan fingerprint density at radius 1 is 1.35 bits per heavy atom. The molecule has 0 aliphatic heterocycles. The summed E-state index contributed by atoms with van der Waals surface area (Å²) in [4.78, 5) is 3.62. The Kier molecular flexibility index (Phi) is 5.30. The molecule has 0 aliphatic carbocycles. The van der Waals surface area contributed by atoms with Gasteiger partial charge in [-0.25, -0.2) is 18.1 Å². The van der Waals surface area contributed by atoms with Gasteiger partial charge in [-0.05, 0) is 25.5 Å². The zero-order chi connectivity index (χ0) is 12.7. The lowest BCUT2D eigenvalue weighted by atomic mass is 10.4. The van der Waals surface area contributed by atoms with E-state index in [1.807, 2.05) is 0 Å². The van der Waals surface area contributed by atoms with Crippen molar-refractivity contribution >= 4 is 15.8 Å². The number of halogens is 1. The Morgan fingerprint density at radius 2 is 2.12 bits per heavy atom. The zero-order valence-corrected chi connectivity index (χ0v) is 10.4. The lowest BCUT2D eigenvalue weighted by Gasteiger charge is -2.06. The highest BCUT2D eigenvalue weighted by molar-refractivity contribution is 7.89. The summed E-state index contributed by atoms with van der Waals surface area (Å²) in [5.74, 6) is -0.0173. The van der Waals surface area contributed by atoms with E-state index >= 15 is 0 Å². The van der Waals surface area contributed by atoms with Crippen LogP contribution < -0.4 is 10.0 Å². The smallest absolute Gasteiger partial charge is 0.214 e. The lowest BCUT2D eigenvalue weighted by molar-refractivity contribution is 0.581. The van der Waals surface area contributed by atoms with Crippen LogP contribution in [0.5, 0.6) is 0 Å². The Bertz CT molecular complexity index is 451. The van der Waals surface area contributed by atoms with Gasteiger partial charge in [0.2, 0.25) is 16.0 Å². The van der Waals surface area contributed by atoms with E-state index < -0.39 is 16.0 Å². The number of sulfonamides is 1. The number of anilines is 1. The van der Waals surface area contributed by atoms with Gasteiger partial charge in [-0.3, -0.25) is 0 Å². The van der Waals surface area contributed by atoms with Gasteiger partial charge in [0.05, 0.1) is 5.75 Å². The molecule has 1 rings (SSSR count). The molecule has 5 nitrogen and oxygen atoms in total. The first kappa shape index (κ1) is 13.9. The van der Waals surface area contributed by atoms with E-state index in [0.717, 1.165) is 0 Å². The van der Waals surface area contributed by atoms with Crippen molar-refractivity contribution in [2.75, 3.05) is 24.2 Å². The third kappa shape index (κ3) is 5.60. The summed E-state index contributed by atoms with van der Waals surface area (Å²) in [6.45, 7) is 2.47. The molecule has 0 amide bonds. The van der Waals surface area contributed by atoms with Gasteiger partial charge in [-0.15, -0.1) is 0 Å². The number of hydrogen-bond acceptors (Lipinski definition) is 4. The molecule has 0 fully saturated rings. The maximum Gasteiger partial charge on any atom is 0.214 e. The molecule has 17 heavy (non-hydrogen) atoms. The van der Waals surface area contributed by atoms with Crippen molar-refractivity contribution in [1.82, 2.24) is 9.71 Å². The number of nitrogens with one attached hydrogen (secondary N) is 2. The van der Waals surface area contributed by atoms with Crippen LogP contribution in [0, 0.1) is 5.95 Å². The Balaban J connectivity index is 2.21. The zero-order valence-electron chi connectivity index (χ0n) is 9.61. The highest BCUT2D eigenvalue weighted by Gasteiger charge is 2.04. The van der Waals surface area contributed by atoms with E-state index in [1.165, 1.54) is 6.07 Å². The topological polar surface area (TPSA) is 71.1 Å². The van der Waals surface area contributed by atoms with Crippen molar-refractivity contribution in [3.05, 3.63) is 24.1 Å². The first-order valence-electron chi connectivity index (χ1n) is 5.37. The lowest BCUT2D eigenvalue weighted by Crippen LogP contribution is -2.27. The normalized spacial score (nSPS) is 11.4. The van der Waals surface area contributed by atoms with Crippen molar-refractivity contribution < 1.29 is 12.8 Å². The van der Waals surface area contributed by atoms with Gasteiger partial charge >= 0.3 is 0 Å².